The molecular weight excluding hydrogens is 352 g/mol. The minimum atomic E-state index is -0.807. The summed E-state index contributed by atoms with van der Waals surface area (Å²) < 4.78 is 15.7. The largest absolute Gasteiger partial charge is 0.466 e. The Balaban J connectivity index is 2.01. The topological polar surface area (TPSA) is 107 Å². The van der Waals surface area contributed by atoms with E-state index in [1.165, 1.54) is 12.3 Å². The molecule has 2 heterocycles. The van der Waals surface area contributed by atoms with E-state index in [0.717, 1.165) is 6.42 Å². The second kappa shape index (κ2) is 9.55. The molecule has 0 aliphatic carbocycles. The van der Waals surface area contributed by atoms with Crippen molar-refractivity contribution in [2.45, 2.75) is 65.1 Å². The molecule has 0 spiro atoms. The number of hydrogen-bond donors (Lipinski definition) is 2. The highest BCUT2D eigenvalue weighted by molar-refractivity contribution is 5.94. The molecule has 1 aromatic rings. The van der Waals surface area contributed by atoms with Crippen LogP contribution in [0.25, 0.3) is 0 Å². The number of ether oxygens (including phenoxy) is 2. The van der Waals surface area contributed by atoms with Gasteiger partial charge in [0.1, 0.15) is 24.5 Å². The van der Waals surface area contributed by atoms with E-state index >= 15 is 0 Å². The monoisotopic (exact) mass is 380 g/mol. The lowest BCUT2D eigenvalue weighted by Crippen LogP contribution is -2.53. The summed E-state index contributed by atoms with van der Waals surface area (Å²) in [6, 6.07) is 0.0365. The van der Waals surface area contributed by atoms with Crippen LogP contribution in [0.4, 0.5) is 4.79 Å². The molecule has 8 heteroatoms. The van der Waals surface area contributed by atoms with Crippen LogP contribution in [-0.2, 0) is 14.3 Å². The predicted octanol–water partition coefficient (Wildman–Crippen LogP) is 2.34. The third-order valence-corrected chi connectivity index (χ3v) is 4.51. The van der Waals surface area contributed by atoms with Gasteiger partial charge in [0.15, 0.2) is 11.5 Å². The Hall–Kier alpha value is -2.35. The van der Waals surface area contributed by atoms with E-state index in [1.807, 2.05) is 20.8 Å². The summed E-state index contributed by atoms with van der Waals surface area (Å²) in [5.74, 6) is 0.538. The van der Waals surface area contributed by atoms with E-state index < -0.39 is 24.1 Å². The molecule has 2 amide bonds. The summed E-state index contributed by atoms with van der Waals surface area (Å²) in [5, 5.41) is 5.32. The first kappa shape index (κ1) is 21.0. The van der Waals surface area contributed by atoms with Gasteiger partial charge in [-0.15, -0.1) is 0 Å². The van der Waals surface area contributed by atoms with Crippen LogP contribution in [0.2, 0.25) is 0 Å². The summed E-state index contributed by atoms with van der Waals surface area (Å²) in [6.07, 6.45) is 2.11. The molecule has 1 fully saturated rings. The fourth-order valence-corrected chi connectivity index (χ4v) is 2.88. The molecule has 2 rings (SSSR count). The van der Waals surface area contributed by atoms with Crippen LogP contribution in [0.5, 0.6) is 5.75 Å². The molecule has 1 saturated heterocycles. The third kappa shape index (κ3) is 5.82. The maximum Gasteiger partial charge on any atom is 0.413 e. The fourth-order valence-electron chi connectivity index (χ4n) is 2.88. The standard InChI is InChI=1S/C19H28N2O6/c1-5-15-17(14(22)10-26-15)21-18(23)13(7-6-11(2)3)20-19(24)27-16-8-9-25-12(16)4/h8-9,11,13,15,17H,5-7,10H2,1-4H3,(H,20,24)(H,21,23)/t13-,15?,17?/m0/s1. The van der Waals surface area contributed by atoms with Crippen LogP contribution in [0.1, 0.15) is 45.8 Å². The second-order valence-electron chi connectivity index (χ2n) is 7.11. The van der Waals surface area contributed by atoms with Crippen molar-refractivity contribution in [3.63, 3.8) is 0 Å². The van der Waals surface area contributed by atoms with E-state index in [1.54, 1.807) is 6.92 Å². The van der Waals surface area contributed by atoms with Crippen LogP contribution in [-0.4, -0.2) is 42.6 Å². The molecule has 0 radical (unpaired) electrons. The molecule has 1 aliphatic rings. The van der Waals surface area contributed by atoms with Gasteiger partial charge in [-0.25, -0.2) is 4.79 Å². The number of carbonyl (C=O) groups excluding carboxylic acids is 3. The number of ketones is 1. The number of Topliss-reactive ketones (excluding diaryl/α,β-unsaturated/α-hetero) is 1. The van der Waals surface area contributed by atoms with Crippen molar-refractivity contribution in [1.82, 2.24) is 10.6 Å². The lowest BCUT2D eigenvalue weighted by Gasteiger charge is -2.23. The Morgan fingerprint density at radius 2 is 2.07 bits per heavy atom. The first-order valence-electron chi connectivity index (χ1n) is 9.28. The first-order valence-corrected chi connectivity index (χ1v) is 9.28. The predicted molar refractivity (Wildman–Crippen MR) is 97.4 cm³/mol. The lowest BCUT2D eigenvalue weighted by molar-refractivity contribution is -0.127. The third-order valence-electron chi connectivity index (χ3n) is 4.51. The summed E-state index contributed by atoms with van der Waals surface area (Å²) >= 11 is 0. The van der Waals surface area contributed by atoms with Crippen LogP contribution >= 0.6 is 0 Å². The number of amides is 2. The molecule has 8 nitrogen and oxygen atoms in total. The highest BCUT2D eigenvalue weighted by Gasteiger charge is 2.37. The minimum absolute atomic E-state index is 0.00461. The van der Waals surface area contributed by atoms with E-state index in [0.29, 0.717) is 30.3 Å². The average Bonchev–Trinajstić information content (AvgIpc) is 3.17. The highest BCUT2D eigenvalue weighted by atomic mass is 16.6. The number of carbonyl (C=O) groups is 3. The Morgan fingerprint density at radius 3 is 2.67 bits per heavy atom. The quantitative estimate of drug-likeness (QED) is 0.717. The van der Waals surface area contributed by atoms with Gasteiger partial charge in [-0.1, -0.05) is 20.8 Å². The van der Waals surface area contributed by atoms with Crippen molar-refractivity contribution in [1.29, 1.82) is 0 Å². The summed E-state index contributed by atoms with van der Waals surface area (Å²) in [5.41, 5.74) is 0. The number of hydrogen-bond acceptors (Lipinski definition) is 6. The number of rotatable bonds is 8. The first-order chi connectivity index (χ1) is 12.8. The summed E-state index contributed by atoms with van der Waals surface area (Å²) in [7, 11) is 0. The van der Waals surface area contributed by atoms with E-state index in [9.17, 15) is 14.4 Å². The van der Waals surface area contributed by atoms with Crippen LogP contribution in [0.3, 0.4) is 0 Å². The van der Waals surface area contributed by atoms with Gasteiger partial charge in [-0.3, -0.25) is 9.59 Å². The van der Waals surface area contributed by atoms with Gasteiger partial charge in [-0.05, 0) is 32.1 Å². The smallest absolute Gasteiger partial charge is 0.413 e. The normalized spacial score (nSPS) is 20.6. The SMILES string of the molecule is CCC1OCC(=O)C1NC(=O)[C@H](CCC(C)C)NC(=O)Oc1ccoc1C. The van der Waals surface area contributed by atoms with Gasteiger partial charge in [0.25, 0.3) is 0 Å². The number of nitrogens with one attached hydrogen (secondary N) is 2. The van der Waals surface area contributed by atoms with E-state index in [-0.39, 0.29) is 18.5 Å². The van der Waals surface area contributed by atoms with Crippen LogP contribution in [0.15, 0.2) is 16.7 Å². The highest BCUT2D eigenvalue weighted by Crippen LogP contribution is 2.18. The van der Waals surface area contributed by atoms with Crippen LogP contribution < -0.4 is 15.4 Å². The van der Waals surface area contributed by atoms with Gasteiger partial charge in [-0.2, -0.15) is 0 Å². The maximum atomic E-state index is 12.7. The molecule has 27 heavy (non-hydrogen) atoms. The van der Waals surface area contributed by atoms with Crippen molar-refractivity contribution in [2.24, 2.45) is 5.92 Å². The Kier molecular flexibility index (Phi) is 7.41. The van der Waals surface area contributed by atoms with Crippen LogP contribution in [0, 0.1) is 12.8 Å². The fraction of sp³-hybridized carbons (Fsp3) is 0.632. The van der Waals surface area contributed by atoms with Gasteiger partial charge >= 0.3 is 6.09 Å². The molecule has 150 valence electrons. The molecule has 2 unspecified atom stereocenters. The van der Waals surface area contributed by atoms with Crippen molar-refractivity contribution < 1.29 is 28.3 Å². The number of aryl methyl sites for hydroxylation is 1. The zero-order valence-electron chi connectivity index (χ0n) is 16.2. The Morgan fingerprint density at radius 1 is 1.33 bits per heavy atom. The summed E-state index contributed by atoms with van der Waals surface area (Å²) in [6.45, 7) is 7.62. The number of furan rings is 1. The van der Waals surface area contributed by atoms with Gasteiger partial charge in [0, 0.05) is 6.07 Å². The van der Waals surface area contributed by atoms with Gasteiger partial charge < -0.3 is 24.5 Å². The molecule has 3 atom stereocenters. The molecule has 2 N–H and O–H groups in total. The Labute approximate surface area is 159 Å². The second-order valence-corrected chi connectivity index (χ2v) is 7.11. The van der Waals surface area contributed by atoms with Gasteiger partial charge in [0.05, 0.1) is 12.4 Å². The summed E-state index contributed by atoms with van der Waals surface area (Å²) in [4.78, 5) is 36.9. The molecule has 0 aromatic carbocycles. The molecule has 0 saturated carbocycles. The Bertz CT molecular complexity index is 669. The van der Waals surface area contributed by atoms with E-state index in [4.69, 9.17) is 13.9 Å². The molecule has 1 aliphatic heterocycles. The maximum absolute atomic E-state index is 12.7. The molecular formula is C19H28N2O6. The molecule has 1 aromatic heterocycles. The van der Waals surface area contributed by atoms with Crippen molar-refractivity contribution in [3.8, 4) is 5.75 Å². The van der Waals surface area contributed by atoms with Gasteiger partial charge in [0.2, 0.25) is 5.91 Å². The molecule has 0 bridgehead atoms. The zero-order valence-corrected chi connectivity index (χ0v) is 16.2. The van der Waals surface area contributed by atoms with E-state index in [2.05, 4.69) is 10.6 Å². The van der Waals surface area contributed by atoms with Crippen molar-refractivity contribution >= 4 is 17.8 Å². The average molecular weight is 380 g/mol. The van der Waals surface area contributed by atoms with Crippen molar-refractivity contribution in [3.05, 3.63) is 18.1 Å². The van der Waals surface area contributed by atoms with Crippen molar-refractivity contribution in [2.75, 3.05) is 6.61 Å². The lowest BCUT2D eigenvalue weighted by atomic mass is 10.0. The zero-order chi connectivity index (χ0) is 20.0. The minimum Gasteiger partial charge on any atom is -0.466 e.